The first-order valence-corrected chi connectivity index (χ1v) is 7.64. The van der Waals surface area contributed by atoms with Crippen LogP contribution >= 0.6 is 0 Å². The van der Waals surface area contributed by atoms with Gasteiger partial charge in [0.05, 0.1) is 5.97 Å². The van der Waals surface area contributed by atoms with Crippen molar-refractivity contribution in [2.75, 3.05) is 0 Å². The molecule has 0 saturated heterocycles. The van der Waals surface area contributed by atoms with Crippen molar-refractivity contribution < 1.29 is 24.2 Å². The van der Waals surface area contributed by atoms with Crippen molar-refractivity contribution >= 4 is 11.9 Å². The molecule has 0 unspecified atom stereocenters. The zero-order valence-corrected chi connectivity index (χ0v) is 13.0. The normalized spacial score (nSPS) is 9.73. The number of halogens is 1. The fourth-order valence-electron chi connectivity index (χ4n) is 1.81. The monoisotopic (exact) mass is 310 g/mol. The summed E-state index contributed by atoms with van der Waals surface area (Å²) in [5.41, 5.74) is -0.0126. The van der Waals surface area contributed by atoms with Crippen molar-refractivity contribution in [1.29, 1.82) is 0 Å². The molecule has 0 spiro atoms. The lowest BCUT2D eigenvalue weighted by Crippen LogP contribution is -2.21. The Kier molecular flexibility index (Phi) is 11.7. The van der Waals surface area contributed by atoms with E-state index in [1.807, 2.05) is 0 Å². The predicted octanol–water partition coefficient (Wildman–Crippen LogP) is 2.07. The lowest BCUT2D eigenvalue weighted by atomic mass is 10.1. The summed E-state index contributed by atoms with van der Waals surface area (Å²) in [6.45, 7) is 2.19. The lowest BCUT2D eigenvalue weighted by Gasteiger charge is -2.01. The van der Waals surface area contributed by atoms with Crippen LogP contribution < -0.4 is 10.2 Å². The van der Waals surface area contributed by atoms with Crippen LogP contribution in [-0.2, 0) is 4.79 Å². The number of aliphatic carboxylic acids is 1. The highest BCUT2D eigenvalue weighted by molar-refractivity contribution is 5.85. The van der Waals surface area contributed by atoms with Crippen molar-refractivity contribution in [3.63, 3.8) is 0 Å². The number of hydrogen-bond acceptors (Lipinski definition) is 4. The van der Waals surface area contributed by atoms with Gasteiger partial charge in [0.15, 0.2) is 0 Å². The summed E-state index contributed by atoms with van der Waals surface area (Å²) in [6, 6.07) is 4.46. The Hall–Kier alpha value is -1.91. The molecule has 1 aromatic rings. The van der Waals surface area contributed by atoms with E-state index in [-0.39, 0.29) is 12.0 Å². The van der Waals surface area contributed by atoms with Crippen LogP contribution in [-0.4, -0.2) is 11.9 Å². The van der Waals surface area contributed by atoms with Gasteiger partial charge in [-0.15, -0.1) is 0 Å². The van der Waals surface area contributed by atoms with E-state index in [1.54, 1.807) is 0 Å². The molecule has 0 bridgehead atoms. The van der Waals surface area contributed by atoms with Crippen molar-refractivity contribution in [2.45, 2.75) is 58.3 Å². The third-order valence-corrected chi connectivity index (χ3v) is 3.06. The molecule has 0 atom stereocenters. The van der Waals surface area contributed by atoms with Gasteiger partial charge in [-0.05, 0) is 30.5 Å². The van der Waals surface area contributed by atoms with Crippen molar-refractivity contribution in [2.24, 2.45) is 0 Å². The Bertz CT molecular complexity index is 429. The summed E-state index contributed by atoms with van der Waals surface area (Å²) < 4.78 is 12.1. The third kappa shape index (κ3) is 11.9. The minimum atomic E-state index is -1.29. The fourth-order valence-corrected chi connectivity index (χ4v) is 1.81. The SMILES string of the molecule is CCCCCCCCCC(=O)[O-].O=C([O-])c1ccc(F)cc1. The topological polar surface area (TPSA) is 80.3 Å². The van der Waals surface area contributed by atoms with E-state index in [0.29, 0.717) is 0 Å². The number of carbonyl (C=O) groups excluding carboxylic acids is 2. The second-order valence-electron chi connectivity index (χ2n) is 5.04. The second kappa shape index (κ2) is 12.8. The minimum Gasteiger partial charge on any atom is -0.550 e. The number of hydrogen-bond donors (Lipinski definition) is 0. The zero-order valence-electron chi connectivity index (χ0n) is 13.0. The number of rotatable bonds is 9. The maximum atomic E-state index is 12.1. The quantitative estimate of drug-likeness (QED) is 0.654. The van der Waals surface area contributed by atoms with E-state index in [2.05, 4.69) is 6.92 Å². The van der Waals surface area contributed by atoms with E-state index in [9.17, 15) is 24.2 Å². The van der Waals surface area contributed by atoms with Gasteiger partial charge < -0.3 is 19.8 Å². The molecule has 0 saturated carbocycles. The Balaban J connectivity index is 0.000000406. The molecule has 0 amide bonds. The van der Waals surface area contributed by atoms with Gasteiger partial charge in [-0.2, -0.15) is 0 Å². The maximum Gasteiger partial charge on any atom is 0.123 e. The highest BCUT2D eigenvalue weighted by Crippen LogP contribution is 2.07. The van der Waals surface area contributed by atoms with Gasteiger partial charge >= 0.3 is 0 Å². The summed E-state index contributed by atoms with van der Waals surface area (Å²) in [4.78, 5) is 20.1. The summed E-state index contributed by atoms with van der Waals surface area (Å²) >= 11 is 0. The molecule has 4 nitrogen and oxygen atoms in total. The Morgan fingerprint density at radius 2 is 1.41 bits per heavy atom. The van der Waals surface area contributed by atoms with Gasteiger partial charge in [0.2, 0.25) is 0 Å². The van der Waals surface area contributed by atoms with Crippen molar-refractivity contribution in [1.82, 2.24) is 0 Å². The largest absolute Gasteiger partial charge is 0.550 e. The maximum absolute atomic E-state index is 12.1. The summed E-state index contributed by atoms with van der Waals surface area (Å²) in [5, 5.41) is 20.1. The van der Waals surface area contributed by atoms with Crippen LogP contribution in [0.3, 0.4) is 0 Å². The molecule has 124 valence electrons. The third-order valence-electron chi connectivity index (χ3n) is 3.06. The number of aromatic carboxylic acids is 1. The van der Waals surface area contributed by atoms with Gasteiger partial charge in [0, 0.05) is 5.97 Å². The van der Waals surface area contributed by atoms with Crippen molar-refractivity contribution in [3.8, 4) is 0 Å². The molecule has 0 heterocycles. The molecular formula is C17H23FO4-2. The first kappa shape index (κ1) is 20.1. The molecule has 0 fully saturated rings. The highest BCUT2D eigenvalue weighted by Gasteiger charge is 1.92. The molecule has 0 aliphatic rings. The standard InChI is InChI=1S/C10H20O2.C7H5FO2/c1-2-3-4-5-6-7-8-9-10(11)12;8-6-3-1-5(2-4-6)7(9)10/h2-9H2,1H3,(H,11,12);1-4H,(H,9,10)/p-2. The molecular weight excluding hydrogens is 287 g/mol. The molecule has 0 aliphatic heterocycles. The van der Waals surface area contributed by atoms with E-state index < -0.39 is 17.8 Å². The first-order valence-electron chi connectivity index (χ1n) is 7.64. The molecule has 0 N–H and O–H groups in total. The van der Waals surface area contributed by atoms with Gasteiger partial charge in [-0.3, -0.25) is 0 Å². The average molecular weight is 310 g/mol. The van der Waals surface area contributed by atoms with Crippen molar-refractivity contribution in [3.05, 3.63) is 35.6 Å². The first-order chi connectivity index (χ1) is 10.5. The molecule has 5 heteroatoms. The smallest absolute Gasteiger partial charge is 0.123 e. The Labute approximate surface area is 131 Å². The molecule has 0 radical (unpaired) electrons. The van der Waals surface area contributed by atoms with Crippen LogP contribution in [0.15, 0.2) is 24.3 Å². The molecule has 1 rings (SSSR count). The van der Waals surface area contributed by atoms with Crippen LogP contribution in [0, 0.1) is 5.82 Å². The number of benzene rings is 1. The van der Waals surface area contributed by atoms with E-state index >= 15 is 0 Å². The van der Waals surface area contributed by atoms with E-state index in [4.69, 9.17) is 0 Å². The Morgan fingerprint density at radius 3 is 1.86 bits per heavy atom. The van der Waals surface area contributed by atoms with Crippen LogP contribution in [0.1, 0.15) is 68.6 Å². The van der Waals surface area contributed by atoms with E-state index in [0.717, 1.165) is 37.1 Å². The van der Waals surface area contributed by atoms with Crippen LogP contribution in [0.4, 0.5) is 4.39 Å². The number of carboxylic acids is 2. The second-order valence-corrected chi connectivity index (χ2v) is 5.04. The fraction of sp³-hybridized carbons (Fsp3) is 0.529. The minimum absolute atomic E-state index is 0.0126. The van der Waals surface area contributed by atoms with Gasteiger partial charge in [0.1, 0.15) is 5.82 Å². The summed E-state index contributed by atoms with van der Waals surface area (Å²) in [6.07, 6.45) is 8.34. The van der Waals surface area contributed by atoms with E-state index in [1.165, 1.54) is 32.1 Å². The zero-order chi connectivity index (χ0) is 16.8. The van der Waals surface area contributed by atoms with Crippen LogP contribution in [0.25, 0.3) is 0 Å². The molecule has 1 aromatic carbocycles. The lowest BCUT2D eigenvalue weighted by molar-refractivity contribution is -0.305. The molecule has 0 aliphatic carbocycles. The number of carboxylic acid groups (broad SMARTS) is 2. The van der Waals surface area contributed by atoms with Gasteiger partial charge in [-0.1, -0.05) is 57.6 Å². The summed E-state index contributed by atoms with van der Waals surface area (Å²) in [5.74, 6) is -2.66. The molecule has 0 aromatic heterocycles. The van der Waals surface area contributed by atoms with Gasteiger partial charge in [-0.25, -0.2) is 4.39 Å². The Morgan fingerprint density at radius 1 is 0.909 bits per heavy atom. The number of unbranched alkanes of at least 4 members (excludes halogenated alkanes) is 6. The van der Waals surface area contributed by atoms with Crippen LogP contribution in [0.5, 0.6) is 0 Å². The van der Waals surface area contributed by atoms with Crippen LogP contribution in [0.2, 0.25) is 0 Å². The molecule has 22 heavy (non-hydrogen) atoms. The number of carbonyl (C=O) groups is 2. The predicted molar refractivity (Wildman–Crippen MR) is 78.3 cm³/mol. The van der Waals surface area contributed by atoms with Gasteiger partial charge in [0.25, 0.3) is 0 Å². The summed E-state index contributed by atoms with van der Waals surface area (Å²) in [7, 11) is 0. The highest BCUT2D eigenvalue weighted by atomic mass is 19.1. The average Bonchev–Trinajstić information content (AvgIpc) is 2.47.